The molecule has 0 rings (SSSR count). The monoisotopic (exact) mass is 871 g/mol. The molecule has 0 spiro atoms. The first kappa shape index (κ1) is 59.0. The molecule has 0 saturated carbocycles. The highest BCUT2D eigenvalue weighted by Gasteiger charge is 2.26. The van der Waals surface area contributed by atoms with Gasteiger partial charge in [-0.2, -0.15) is 0 Å². The van der Waals surface area contributed by atoms with Crippen LogP contribution in [0.2, 0.25) is 0 Å². The average molecular weight is 871 g/mol. The van der Waals surface area contributed by atoms with E-state index in [1.807, 2.05) is 21.1 Å². The van der Waals surface area contributed by atoms with Gasteiger partial charge >= 0.3 is 13.8 Å². The van der Waals surface area contributed by atoms with Gasteiger partial charge < -0.3 is 18.9 Å². The van der Waals surface area contributed by atoms with E-state index in [1.165, 1.54) is 173 Å². The van der Waals surface area contributed by atoms with Crippen LogP contribution in [0.3, 0.4) is 0 Å². The van der Waals surface area contributed by atoms with Crippen molar-refractivity contribution in [2.24, 2.45) is 0 Å². The molecule has 0 bridgehead atoms. The number of ether oxygens (including phenoxy) is 2. The average Bonchev–Trinajstić information content (AvgIpc) is 3.20. The topological polar surface area (TPSA) is 91.3 Å². The molecule has 0 aliphatic carbocycles. The number of quaternary nitrogens is 1. The second-order valence-corrected chi connectivity index (χ2v) is 20.0. The molecule has 8 nitrogen and oxygen atoms in total. The summed E-state index contributed by atoms with van der Waals surface area (Å²) in [6, 6.07) is 0. The van der Waals surface area contributed by atoms with E-state index in [9.17, 15) is 14.3 Å². The third-order valence-electron chi connectivity index (χ3n) is 11.3. The summed E-state index contributed by atoms with van der Waals surface area (Å²) in [6.45, 7) is 5.62. The van der Waals surface area contributed by atoms with Crippen molar-refractivity contribution in [1.82, 2.24) is 0 Å². The van der Waals surface area contributed by atoms with E-state index in [2.05, 4.69) is 38.2 Å². The standard InChI is InChI=1S/C51H100NO7P/c1-6-8-10-12-14-16-18-20-22-24-25-26-27-28-29-30-32-34-36-38-40-42-44-51(53)59-50(49-58-60(54,55)57-47-45-52(3,4)5)48-56-46-43-41-39-37-35-33-31-23-21-19-17-15-13-11-9-7-2/h15,17,21,23,50H,6-14,16,18-20,22,24-49H2,1-5H3/p+1/b17-15-,23-21-. The summed E-state index contributed by atoms with van der Waals surface area (Å²) in [5.41, 5.74) is 0. The minimum atomic E-state index is -4.28. The van der Waals surface area contributed by atoms with E-state index in [1.54, 1.807) is 0 Å². The van der Waals surface area contributed by atoms with Gasteiger partial charge in [-0.15, -0.1) is 0 Å². The lowest BCUT2D eigenvalue weighted by Crippen LogP contribution is -2.37. The molecule has 0 saturated heterocycles. The molecule has 356 valence electrons. The zero-order valence-electron chi connectivity index (χ0n) is 40.5. The molecule has 9 heteroatoms. The number of carbonyl (C=O) groups excluding carboxylic acids is 1. The van der Waals surface area contributed by atoms with Crippen molar-refractivity contribution in [1.29, 1.82) is 0 Å². The highest BCUT2D eigenvalue weighted by Crippen LogP contribution is 2.43. The second-order valence-electron chi connectivity index (χ2n) is 18.6. The fourth-order valence-corrected chi connectivity index (χ4v) is 8.03. The minimum Gasteiger partial charge on any atom is -0.457 e. The van der Waals surface area contributed by atoms with E-state index in [4.69, 9.17) is 18.5 Å². The van der Waals surface area contributed by atoms with Crippen LogP contribution in [0.4, 0.5) is 0 Å². The first-order chi connectivity index (χ1) is 29.1. The van der Waals surface area contributed by atoms with E-state index in [0.29, 0.717) is 24.1 Å². The number of likely N-dealkylation sites (N-methyl/N-ethyl adjacent to an activating group) is 1. The molecule has 0 aliphatic rings. The van der Waals surface area contributed by atoms with E-state index < -0.39 is 13.9 Å². The Balaban J connectivity index is 4.10. The Kier molecular flexibility index (Phi) is 43.8. The largest absolute Gasteiger partial charge is 0.472 e. The Morgan fingerprint density at radius 2 is 0.917 bits per heavy atom. The summed E-state index contributed by atoms with van der Waals surface area (Å²) in [7, 11) is 1.67. The Bertz CT molecular complexity index is 1010. The van der Waals surface area contributed by atoms with Crippen molar-refractivity contribution in [2.75, 3.05) is 54.1 Å². The van der Waals surface area contributed by atoms with Crippen molar-refractivity contribution in [3.05, 3.63) is 24.3 Å². The number of allylic oxidation sites excluding steroid dienone is 4. The lowest BCUT2D eigenvalue weighted by atomic mass is 10.0. The van der Waals surface area contributed by atoms with Crippen LogP contribution in [0.1, 0.15) is 239 Å². The predicted octanol–water partition coefficient (Wildman–Crippen LogP) is 15.6. The van der Waals surface area contributed by atoms with Crippen molar-refractivity contribution in [3.63, 3.8) is 0 Å². The van der Waals surface area contributed by atoms with Gasteiger partial charge in [-0.05, 0) is 44.9 Å². The fourth-order valence-electron chi connectivity index (χ4n) is 7.29. The smallest absolute Gasteiger partial charge is 0.457 e. The SMILES string of the molecule is CCCCC/C=C\C/C=C\CCCCCCCCOCC(COP(=O)(O)OCC[N+](C)(C)C)OC(=O)CCCCCCCCCCCCCCCCCCCCCCCC. The Morgan fingerprint density at radius 3 is 1.38 bits per heavy atom. The minimum absolute atomic E-state index is 0.0886. The van der Waals surface area contributed by atoms with Gasteiger partial charge in [0.15, 0.2) is 0 Å². The van der Waals surface area contributed by atoms with Crippen LogP contribution in [-0.4, -0.2) is 75.6 Å². The maximum absolute atomic E-state index is 12.8. The molecule has 0 heterocycles. The van der Waals surface area contributed by atoms with E-state index >= 15 is 0 Å². The van der Waals surface area contributed by atoms with Gasteiger partial charge in [0.05, 0.1) is 34.4 Å². The Labute approximate surface area is 373 Å². The molecule has 60 heavy (non-hydrogen) atoms. The summed E-state index contributed by atoms with van der Waals surface area (Å²) < 4.78 is 35.1. The maximum Gasteiger partial charge on any atom is 0.472 e. The lowest BCUT2D eigenvalue weighted by molar-refractivity contribution is -0.870. The molecular weight excluding hydrogens is 770 g/mol. The van der Waals surface area contributed by atoms with Crippen LogP contribution in [0, 0.1) is 0 Å². The number of hydrogen-bond donors (Lipinski definition) is 1. The van der Waals surface area contributed by atoms with E-state index in [-0.39, 0.29) is 25.8 Å². The van der Waals surface area contributed by atoms with Crippen LogP contribution < -0.4 is 0 Å². The molecule has 2 unspecified atom stereocenters. The number of hydrogen-bond acceptors (Lipinski definition) is 6. The number of carbonyl (C=O) groups is 1. The van der Waals surface area contributed by atoms with Gasteiger partial charge in [-0.1, -0.05) is 212 Å². The van der Waals surface area contributed by atoms with Crippen LogP contribution in [0.25, 0.3) is 0 Å². The third kappa shape index (κ3) is 48.0. The molecule has 0 radical (unpaired) electrons. The van der Waals surface area contributed by atoms with Crippen molar-refractivity contribution >= 4 is 13.8 Å². The number of unbranched alkanes of at least 4 members (excludes halogenated alkanes) is 30. The Hall–Kier alpha value is -1.02. The molecule has 0 aliphatic heterocycles. The van der Waals surface area contributed by atoms with Crippen molar-refractivity contribution in [3.8, 4) is 0 Å². The van der Waals surface area contributed by atoms with Gasteiger partial charge in [-0.25, -0.2) is 4.57 Å². The summed E-state index contributed by atoms with van der Waals surface area (Å²) >= 11 is 0. The third-order valence-corrected chi connectivity index (χ3v) is 12.2. The molecule has 0 aromatic heterocycles. The molecule has 0 aromatic carbocycles. The number of phosphoric acid groups is 1. The zero-order chi connectivity index (χ0) is 44.1. The number of rotatable bonds is 48. The molecule has 0 aromatic rings. The summed E-state index contributed by atoms with van der Waals surface area (Å²) in [4.78, 5) is 23.0. The van der Waals surface area contributed by atoms with Gasteiger partial charge in [0, 0.05) is 13.0 Å². The van der Waals surface area contributed by atoms with Gasteiger partial charge in [0.25, 0.3) is 0 Å². The van der Waals surface area contributed by atoms with Crippen molar-refractivity contribution < 1.29 is 37.3 Å². The van der Waals surface area contributed by atoms with Crippen LogP contribution in [-0.2, 0) is 27.9 Å². The summed E-state index contributed by atoms with van der Waals surface area (Å²) in [5, 5.41) is 0. The number of phosphoric ester groups is 1. The lowest BCUT2D eigenvalue weighted by Gasteiger charge is -2.24. The summed E-state index contributed by atoms with van der Waals surface area (Å²) in [5.74, 6) is -0.312. The van der Waals surface area contributed by atoms with Crippen LogP contribution in [0.15, 0.2) is 24.3 Å². The fraction of sp³-hybridized carbons (Fsp3) is 0.902. The molecular formula is C51H101NO7P+. The predicted molar refractivity (Wildman–Crippen MR) is 257 cm³/mol. The van der Waals surface area contributed by atoms with E-state index in [0.717, 1.165) is 44.9 Å². The molecule has 0 fully saturated rings. The maximum atomic E-state index is 12.8. The van der Waals surface area contributed by atoms with Crippen molar-refractivity contribution in [2.45, 2.75) is 245 Å². The number of nitrogens with zero attached hydrogens (tertiary/aromatic N) is 1. The molecule has 1 N–H and O–H groups in total. The van der Waals surface area contributed by atoms with Gasteiger partial charge in [0.2, 0.25) is 0 Å². The number of esters is 1. The Morgan fingerprint density at radius 1 is 0.517 bits per heavy atom. The van der Waals surface area contributed by atoms with Gasteiger partial charge in [0.1, 0.15) is 19.3 Å². The molecule has 0 amide bonds. The van der Waals surface area contributed by atoms with Crippen LogP contribution >= 0.6 is 7.82 Å². The molecule has 2 atom stereocenters. The zero-order valence-corrected chi connectivity index (χ0v) is 41.4. The highest BCUT2D eigenvalue weighted by atomic mass is 31.2. The quantitative estimate of drug-likeness (QED) is 0.0214. The first-order valence-electron chi connectivity index (χ1n) is 25.6. The first-order valence-corrected chi connectivity index (χ1v) is 27.1. The van der Waals surface area contributed by atoms with Gasteiger partial charge in [-0.3, -0.25) is 13.8 Å². The second kappa shape index (κ2) is 44.6. The van der Waals surface area contributed by atoms with Crippen LogP contribution in [0.5, 0.6) is 0 Å². The summed E-state index contributed by atoms with van der Waals surface area (Å²) in [6.07, 6.45) is 52.2. The normalized spacial score (nSPS) is 13.8. The highest BCUT2D eigenvalue weighted by molar-refractivity contribution is 7.47.